The standard InChI is InChI=1S/C12H19BrN2S/c1-14-10-3-5-11(6-4-10)15(2)12-7-9(13)8-16-12/h7-8,10-11,14H,3-6H2,1-2H3. The molecule has 4 heteroatoms. The fraction of sp³-hybridized carbons (Fsp3) is 0.667. The van der Waals surface area contributed by atoms with Crippen molar-refractivity contribution in [2.24, 2.45) is 0 Å². The van der Waals surface area contributed by atoms with Crippen LogP contribution in [0, 0.1) is 0 Å². The van der Waals surface area contributed by atoms with Gasteiger partial charge in [-0.25, -0.2) is 0 Å². The minimum absolute atomic E-state index is 0.718. The zero-order valence-electron chi connectivity index (χ0n) is 9.87. The molecule has 1 heterocycles. The minimum atomic E-state index is 0.718. The molecule has 16 heavy (non-hydrogen) atoms. The molecule has 1 saturated carbocycles. The highest BCUT2D eigenvalue weighted by Crippen LogP contribution is 2.32. The van der Waals surface area contributed by atoms with E-state index < -0.39 is 0 Å². The summed E-state index contributed by atoms with van der Waals surface area (Å²) in [6.07, 6.45) is 5.21. The lowest BCUT2D eigenvalue weighted by Crippen LogP contribution is -2.39. The Bertz CT molecular complexity index is 332. The van der Waals surface area contributed by atoms with Gasteiger partial charge in [-0.2, -0.15) is 0 Å². The first-order valence-electron chi connectivity index (χ1n) is 5.85. The zero-order chi connectivity index (χ0) is 11.5. The molecule has 0 spiro atoms. The molecule has 1 aliphatic carbocycles. The first-order chi connectivity index (χ1) is 7.70. The van der Waals surface area contributed by atoms with E-state index in [1.807, 2.05) is 11.3 Å². The molecule has 0 atom stereocenters. The number of anilines is 1. The molecule has 2 nitrogen and oxygen atoms in total. The van der Waals surface area contributed by atoms with Crippen LogP contribution < -0.4 is 10.2 Å². The molecule has 0 unspecified atom stereocenters. The third-order valence-electron chi connectivity index (χ3n) is 3.55. The van der Waals surface area contributed by atoms with Crippen molar-refractivity contribution in [3.63, 3.8) is 0 Å². The van der Waals surface area contributed by atoms with Crippen LogP contribution in [0.15, 0.2) is 15.9 Å². The van der Waals surface area contributed by atoms with Gasteiger partial charge in [-0.05, 0) is 54.7 Å². The van der Waals surface area contributed by atoms with Gasteiger partial charge in [-0.15, -0.1) is 11.3 Å². The average molecular weight is 303 g/mol. The summed E-state index contributed by atoms with van der Waals surface area (Å²) in [5, 5.41) is 6.92. The normalized spacial score (nSPS) is 25.7. The second kappa shape index (κ2) is 5.52. The molecule has 0 amide bonds. The molecule has 1 aromatic heterocycles. The van der Waals surface area contributed by atoms with Crippen LogP contribution in [0.4, 0.5) is 5.00 Å². The van der Waals surface area contributed by atoms with Crippen molar-refractivity contribution in [3.05, 3.63) is 15.9 Å². The van der Waals surface area contributed by atoms with Crippen LogP contribution >= 0.6 is 27.3 Å². The van der Waals surface area contributed by atoms with E-state index in [1.54, 1.807) is 0 Å². The van der Waals surface area contributed by atoms with Crippen molar-refractivity contribution < 1.29 is 0 Å². The lowest BCUT2D eigenvalue weighted by Gasteiger charge is -2.35. The van der Waals surface area contributed by atoms with Crippen LogP contribution in [-0.4, -0.2) is 26.2 Å². The van der Waals surface area contributed by atoms with E-state index >= 15 is 0 Å². The van der Waals surface area contributed by atoms with Crippen molar-refractivity contribution >= 4 is 32.3 Å². The number of nitrogens with zero attached hydrogens (tertiary/aromatic N) is 1. The molecule has 0 saturated heterocycles. The van der Waals surface area contributed by atoms with E-state index in [-0.39, 0.29) is 0 Å². The Labute approximate surface area is 110 Å². The molecule has 1 aliphatic rings. The van der Waals surface area contributed by atoms with E-state index in [4.69, 9.17) is 0 Å². The van der Waals surface area contributed by atoms with E-state index in [9.17, 15) is 0 Å². The molecule has 0 radical (unpaired) electrons. The van der Waals surface area contributed by atoms with Gasteiger partial charge in [0.05, 0.1) is 5.00 Å². The molecule has 1 aromatic rings. The summed E-state index contributed by atoms with van der Waals surface area (Å²) in [6.45, 7) is 0. The van der Waals surface area contributed by atoms with Gasteiger partial charge in [0.15, 0.2) is 0 Å². The third kappa shape index (κ3) is 2.79. The maximum atomic E-state index is 3.52. The van der Waals surface area contributed by atoms with E-state index in [0.29, 0.717) is 0 Å². The summed E-state index contributed by atoms with van der Waals surface area (Å²) in [7, 11) is 4.30. The van der Waals surface area contributed by atoms with Crippen LogP contribution in [0.3, 0.4) is 0 Å². The molecule has 1 N–H and O–H groups in total. The number of nitrogens with one attached hydrogen (secondary N) is 1. The van der Waals surface area contributed by atoms with Gasteiger partial charge in [0.25, 0.3) is 0 Å². The molecule has 0 aliphatic heterocycles. The maximum absolute atomic E-state index is 3.52. The van der Waals surface area contributed by atoms with Gasteiger partial charge in [0, 0.05) is 29.0 Å². The fourth-order valence-electron chi connectivity index (χ4n) is 2.42. The smallest absolute Gasteiger partial charge is 0.0920 e. The Kier molecular flexibility index (Phi) is 4.27. The predicted octanol–water partition coefficient (Wildman–Crippen LogP) is 3.48. The Morgan fingerprint density at radius 3 is 2.56 bits per heavy atom. The van der Waals surface area contributed by atoms with Gasteiger partial charge in [-0.3, -0.25) is 0 Å². The molecular weight excluding hydrogens is 284 g/mol. The van der Waals surface area contributed by atoms with Crippen LogP contribution in [0.5, 0.6) is 0 Å². The van der Waals surface area contributed by atoms with E-state index in [2.05, 4.69) is 51.7 Å². The first kappa shape index (κ1) is 12.4. The van der Waals surface area contributed by atoms with Crippen LogP contribution in [0.1, 0.15) is 25.7 Å². The quantitative estimate of drug-likeness (QED) is 0.919. The second-order valence-corrected chi connectivity index (χ2v) is 6.31. The third-order valence-corrected chi connectivity index (χ3v) is 5.33. The monoisotopic (exact) mass is 302 g/mol. The van der Waals surface area contributed by atoms with Crippen molar-refractivity contribution in [1.82, 2.24) is 5.32 Å². The highest BCUT2D eigenvalue weighted by Gasteiger charge is 2.23. The molecular formula is C12H19BrN2S. The Morgan fingerprint density at radius 2 is 2.06 bits per heavy atom. The van der Waals surface area contributed by atoms with Crippen molar-refractivity contribution in [3.8, 4) is 0 Å². The topological polar surface area (TPSA) is 15.3 Å². The zero-order valence-corrected chi connectivity index (χ0v) is 12.3. The van der Waals surface area contributed by atoms with Crippen molar-refractivity contribution in [1.29, 1.82) is 0 Å². The maximum Gasteiger partial charge on any atom is 0.0920 e. The fourth-order valence-corrected chi connectivity index (χ4v) is 3.88. The Balaban J connectivity index is 1.93. The lowest BCUT2D eigenvalue weighted by molar-refractivity contribution is 0.352. The van der Waals surface area contributed by atoms with Crippen molar-refractivity contribution in [2.75, 3.05) is 19.0 Å². The van der Waals surface area contributed by atoms with Gasteiger partial charge < -0.3 is 10.2 Å². The summed E-state index contributed by atoms with van der Waals surface area (Å²) >= 11 is 5.34. The van der Waals surface area contributed by atoms with Crippen molar-refractivity contribution in [2.45, 2.75) is 37.8 Å². The molecule has 1 fully saturated rings. The second-order valence-electron chi connectivity index (χ2n) is 4.51. The summed E-state index contributed by atoms with van der Waals surface area (Å²) < 4.78 is 1.20. The first-order valence-corrected chi connectivity index (χ1v) is 7.52. The average Bonchev–Trinajstić information content (AvgIpc) is 2.75. The number of rotatable bonds is 3. The summed E-state index contributed by atoms with van der Waals surface area (Å²) in [4.78, 5) is 2.45. The largest absolute Gasteiger partial charge is 0.363 e. The van der Waals surface area contributed by atoms with Gasteiger partial charge in [0.2, 0.25) is 0 Å². The highest BCUT2D eigenvalue weighted by atomic mass is 79.9. The number of hydrogen-bond donors (Lipinski definition) is 1. The molecule has 90 valence electrons. The van der Waals surface area contributed by atoms with Gasteiger partial charge in [0.1, 0.15) is 0 Å². The summed E-state index contributed by atoms with van der Waals surface area (Å²) in [6, 6.07) is 3.67. The minimum Gasteiger partial charge on any atom is -0.363 e. The molecule has 0 bridgehead atoms. The number of hydrogen-bond acceptors (Lipinski definition) is 3. The van der Waals surface area contributed by atoms with Gasteiger partial charge >= 0.3 is 0 Å². The Morgan fingerprint density at radius 1 is 1.38 bits per heavy atom. The number of halogens is 1. The van der Waals surface area contributed by atoms with Crippen LogP contribution in [0.2, 0.25) is 0 Å². The van der Waals surface area contributed by atoms with E-state index in [1.165, 1.54) is 35.2 Å². The van der Waals surface area contributed by atoms with Gasteiger partial charge in [-0.1, -0.05) is 0 Å². The summed E-state index contributed by atoms with van der Waals surface area (Å²) in [5.74, 6) is 0. The highest BCUT2D eigenvalue weighted by molar-refractivity contribution is 9.10. The SMILES string of the molecule is CNC1CCC(N(C)c2cc(Br)cs2)CC1. The van der Waals surface area contributed by atoms with E-state index in [0.717, 1.165) is 12.1 Å². The van der Waals surface area contributed by atoms with Crippen LogP contribution in [0.25, 0.3) is 0 Å². The number of thiophene rings is 1. The molecule has 0 aromatic carbocycles. The summed E-state index contributed by atoms with van der Waals surface area (Å²) in [5.41, 5.74) is 0. The lowest BCUT2D eigenvalue weighted by atomic mass is 9.90. The molecule has 2 rings (SSSR count). The predicted molar refractivity (Wildman–Crippen MR) is 75.5 cm³/mol. The van der Waals surface area contributed by atoms with Crippen LogP contribution in [-0.2, 0) is 0 Å². The Hall–Kier alpha value is -0.0600.